The first kappa shape index (κ1) is 21.8. The van der Waals surface area contributed by atoms with Crippen molar-refractivity contribution < 1.29 is 47.6 Å². The van der Waals surface area contributed by atoms with E-state index in [1.54, 1.807) is 0 Å². The summed E-state index contributed by atoms with van der Waals surface area (Å²) < 4.78 is 31.6. The molecule has 4 atom stereocenters. The van der Waals surface area contributed by atoms with Crippen LogP contribution in [0.25, 0.3) is 0 Å². The molecule has 148 valence electrons. The highest BCUT2D eigenvalue weighted by Crippen LogP contribution is 2.35. The molecule has 10 heteroatoms. The number of esters is 4. The molecule has 0 saturated carbocycles. The van der Waals surface area contributed by atoms with E-state index in [1.165, 1.54) is 27.9 Å². The molecule has 0 N–H and O–H groups in total. The van der Waals surface area contributed by atoms with Crippen LogP contribution in [0.1, 0.15) is 27.7 Å². The second-order valence-electron chi connectivity index (χ2n) is 5.77. The lowest BCUT2D eigenvalue weighted by atomic mass is 9.90. The molecular formula is C16H24O10. The van der Waals surface area contributed by atoms with Crippen LogP contribution in [0.5, 0.6) is 0 Å². The highest BCUT2D eigenvalue weighted by atomic mass is 16.7. The Hall–Kier alpha value is -2.20. The van der Waals surface area contributed by atoms with E-state index in [2.05, 4.69) is 0 Å². The summed E-state index contributed by atoms with van der Waals surface area (Å²) in [7, 11) is 1.28. The Morgan fingerprint density at radius 1 is 0.923 bits per heavy atom. The van der Waals surface area contributed by atoms with E-state index in [9.17, 15) is 19.2 Å². The van der Waals surface area contributed by atoms with Crippen molar-refractivity contribution in [2.75, 3.05) is 26.9 Å². The molecule has 0 aromatic carbocycles. The smallest absolute Gasteiger partial charge is 0.303 e. The van der Waals surface area contributed by atoms with Gasteiger partial charge >= 0.3 is 23.9 Å². The zero-order chi connectivity index (χ0) is 19.9. The zero-order valence-corrected chi connectivity index (χ0v) is 15.4. The molecule has 0 bridgehead atoms. The third-order valence-electron chi connectivity index (χ3n) is 3.66. The first-order valence-corrected chi connectivity index (χ1v) is 7.91. The first-order valence-electron chi connectivity index (χ1n) is 7.91. The third kappa shape index (κ3) is 5.95. The maximum atomic E-state index is 11.6. The number of rotatable bonds is 7. The van der Waals surface area contributed by atoms with E-state index in [0.29, 0.717) is 0 Å². The van der Waals surface area contributed by atoms with Gasteiger partial charge in [-0.2, -0.15) is 0 Å². The lowest BCUT2D eigenvalue weighted by molar-refractivity contribution is -0.339. The van der Waals surface area contributed by atoms with Gasteiger partial charge in [0.15, 0.2) is 12.2 Å². The van der Waals surface area contributed by atoms with Gasteiger partial charge in [-0.05, 0) is 0 Å². The van der Waals surface area contributed by atoms with Crippen molar-refractivity contribution in [3.8, 4) is 0 Å². The number of carbonyl (C=O) groups excluding carboxylic acids is 4. The standard InChI is InChI=1S/C16H24O10/c1-9(17)22-6-13-7-24-16(21-5,8-23-10(2)18)15(26-12(4)20)14(13)25-11(3)19/h13-15H,6-8H2,1-5H3/t13-,14+,15-,16+/m0/s1. The van der Waals surface area contributed by atoms with E-state index in [1.807, 2.05) is 0 Å². The van der Waals surface area contributed by atoms with Crippen LogP contribution in [0.2, 0.25) is 0 Å². The monoisotopic (exact) mass is 376 g/mol. The fraction of sp³-hybridized carbons (Fsp3) is 0.750. The molecule has 0 aromatic heterocycles. The third-order valence-corrected chi connectivity index (χ3v) is 3.66. The minimum Gasteiger partial charge on any atom is -0.465 e. The second kappa shape index (κ2) is 9.48. The van der Waals surface area contributed by atoms with Crippen molar-refractivity contribution in [3.05, 3.63) is 0 Å². The molecule has 10 nitrogen and oxygen atoms in total. The van der Waals surface area contributed by atoms with Gasteiger partial charge < -0.3 is 28.4 Å². The van der Waals surface area contributed by atoms with E-state index in [4.69, 9.17) is 28.4 Å². The van der Waals surface area contributed by atoms with Crippen LogP contribution < -0.4 is 0 Å². The van der Waals surface area contributed by atoms with Crippen LogP contribution in [0, 0.1) is 5.92 Å². The normalized spacial score (nSPS) is 28.0. The van der Waals surface area contributed by atoms with Crippen LogP contribution in [0.4, 0.5) is 0 Å². The van der Waals surface area contributed by atoms with Gasteiger partial charge in [-0.1, -0.05) is 0 Å². The Labute approximate surface area is 151 Å². The SMILES string of the molecule is CO[C@]1(COC(C)=O)OC[C@H](COC(C)=O)[C@@H](OC(C)=O)[C@@H]1OC(C)=O. The molecule has 0 spiro atoms. The second-order valence-corrected chi connectivity index (χ2v) is 5.77. The van der Waals surface area contributed by atoms with Crippen molar-refractivity contribution in [3.63, 3.8) is 0 Å². The first-order chi connectivity index (χ1) is 12.1. The van der Waals surface area contributed by atoms with Gasteiger partial charge in [-0.15, -0.1) is 0 Å². The summed E-state index contributed by atoms with van der Waals surface area (Å²) in [5, 5.41) is 0. The highest BCUT2D eigenvalue weighted by molar-refractivity contribution is 5.68. The fourth-order valence-corrected chi connectivity index (χ4v) is 2.54. The number of hydrogen-bond donors (Lipinski definition) is 0. The zero-order valence-electron chi connectivity index (χ0n) is 15.4. The van der Waals surface area contributed by atoms with Gasteiger partial charge in [-0.3, -0.25) is 19.2 Å². The number of methoxy groups -OCH3 is 1. The van der Waals surface area contributed by atoms with Crippen molar-refractivity contribution >= 4 is 23.9 Å². The average Bonchev–Trinajstić information content (AvgIpc) is 2.53. The molecule has 0 amide bonds. The van der Waals surface area contributed by atoms with E-state index in [-0.39, 0.29) is 13.2 Å². The molecule has 1 saturated heterocycles. The Kier molecular flexibility index (Phi) is 7.97. The Balaban J connectivity index is 3.19. The maximum absolute atomic E-state index is 11.6. The molecule has 0 aromatic rings. The summed E-state index contributed by atoms with van der Waals surface area (Å²) in [5.41, 5.74) is 0. The topological polar surface area (TPSA) is 124 Å². The van der Waals surface area contributed by atoms with Gasteiger partial charge in [0.05, 0.1) is 19.1 Å². The molecule has 1 fully saturated rings. The molecule has 1 aliphatic rings. The summed E-state index contributed by atoms with van der Waals surface area (Å²) >= 11 is 0. The van der Waals surface area contributed by atoms with E-state index in [0.717, 1.165) is 6.92 Å². The van der Waals surface area contributed by atoms with Crippen molar-refractivity contribution in [1.29, 1.82) is 0 Å². The summed E-state index contributed by atoms with van der Waals surface area (Å²) in [5.74, 6) is -4.75. The van der Waals surface area contributed by atoms with Gasteiger partial charge in [0.2, 0.25) is 5.79 Å². The van der Waals surface area contributed by atoms with Crippen LogP contribution >= 0.6 is 0 Å². The highest BCUT2D eigenvalue weighted by Gasteiger charge is 2.56. The van der Waals surface area contributed by atoms with Crippen LogP contribution in [-0.4, -0.2) is 68.8 Å². The molecule has 0 radical (unpaired) electrons. The molecule has 1 rings (SSSR count). The van der Waals surface area contributed by atoms with Gasteiger partial charge in [-0.25, -0.2) is 0 Å². The molecule has 26 heavy (non-hydrogen) atoms. The number of ether oxygens (including phenoxy) is 6. The lowest BCUT2D eigenvalue weighted by Gasteiger charge is -2.47. The molecule has 1 aliphatic heterocycles. The molecule has 0 aliphatic carbocycles. The number of carbonyl (C=O) groups is 4. The lowest BCUT2D eigenvalue weighted by Crippen LogP contribution is -2.65. The van der Waals surface area contributed by atoms with Crippen LogP contribution in [-0.2, 0) is 47.6 Å². The summed E-state index contributed by atoms with van der Waals surface area (Å²) in [6.07, 6.45) is -2.29. The predicted octanol–water partition coefficient (Wildman–Crippen LogP) is -0.0349. The minimum atomic E-state index is -1.68. The predicted molar refractivity (Wildman–Crippen MR) is 83.6 cm³/mol. The average molecular weight is 376 g/mol. The summed E-state index contributed by atoms with van der Waals surface area (Å²) in [4.78, 5) is 45.4. The van der Waals surface area contributed by atoms with Crippen molar-refractivity contribution in [2.24, 2.45) is 5.92 Å². The quantitative estimate of drug-likeness (QED) is 0.442. The van der Waals surface area contributed by atoms with E-state index < -0.39 is 54.4 Å². The van der Waals surface area contributed by atoms with Crippen LogP contribution in [0.3, 0.4) is 0 Å². The Bertz CT molecular complexity index is 545. The van der Waals surface area contributed by atoms with Gasteiger partial charge in [0.1, 0.15) is 6.61 Å². The summed E-state index contributed by atoms with van der Waals surface area (Å²) in [6.45, 7) is 4.19. The fourth-order valence-electron chi connectivity index (χ4n) is 2.54. The molecule has 0 unspecified atom stereocenters. The largest absolute Gasteiger partial charge is 0.465 e. The molecular weight excluding hydrogens is 352 g/mol. The van der Waals surface area contributed by atoms with Crippen molar-refractivity contribution in [2.45, 2.75) is 45.7 Å². The number of hydrogen-bond acceptors (Lipinski definition) is 10. The Morgan fingerprint density at radius 2 is 1.50 bits per heavy atom. The van der Waals surface area contributed by atoms with Gasteiger partial charge in [0.25, 0.3) is 0 Å². The maximum Gasteiger partial charge on any atom is 0.303 e. The van der Waals surface area contributed by atoms with Crippen LogP contribution in [0.15, 0.2) is 0 Å². The molecule has 1 heterocycles. The van der Waals surface area contributed by atoms with E-state index >= 15 is 0 Å². The van der Waals surface area contributed by atoms with Crippen molar-refractivity contribution in [1.82, 2.24) is 0 Å². The summed E-state index contributed by atoms with van der Waals surface area (Å²) in [6, 6.07) is 0. The van der Waals surface area contributed by atoms with Gasteiger partial charge in [0, 0.05) is 34.8 Å². The minimum absolute atomic E-state index is 0.0574. The Morgan fingerprint density at radius 3 is 1.96 bits per heavy atom.